The van der Waals surface area contributed by atoms with E-state index in [1.807, 2.05) is 0 Å². The molecule has 0 spiro atoms. The molecule has 0 unspecified atom stereocenters. The lowest BCUT2D eigenvalue weighted by Gasteiger charge is -2.14. The number of hydrogen-bond donors (Lipinski definition) is 0. The lowest BCUT2D eigenvalue weighted by molar-refractivity contribution is 0.670. The smallest absolute Gasteiger partial charge is 0.160 e. The van der Waals surface area contributed by atoms with Crippen LogP contribution in [0.1, 0.15) is 0 Å². The third kappa shape index (κ3) is 4.37. The van der Waals surface area contributed by atoms with Crippen molar-refractivity contribution in [3.05, 3.63) is 182 Å². The van der Waals surface area contributed by atoms with Crippen LogP contribution in [0.2, 0.25) is 0 Å². The zero-order valence-corrected chi connectivity index (χ0v) is 30.6. The normalized spacial score (nSPS) is 12.2. The van der Waals surface area contributed by atoms with E-state index in [0.29, 0.717) is 5.82 Å². The monoisotopic (exact) mass is 722 g/mol. The highest BCUT2D eigenvalue weighted by molar-refractivity contribution is 6.31. The Morgan fingerprint density at radius 1 is 0.298 bits per heavy atom. The molecule has 13 rings (SSSR count). The van der Waals surface area contributed by atoms with E-state index in [1.165, 1.54) is 64.6 Å². The van der Waals surface area contributed by atoms with Crippen LogP contribution in [0, 0.1) is 0 Å². The highest BCUT2D eigenvalue weighted by Crippen LogP contribution is 2.44. The summed E-state index contributed by atoms with van der Waals surface area (Å²) in [5.41, 5.74) is 5.72. The highest BCUT2D eigenvalue weighted by Gasteiger charge is 2.19. The maximum Gasteiger partial charge on any atom is 0.160 e. The van der Waals surface area contributed by atoms with Crippen molar-refractivity contribution >= 4 is 108 Å². The molecule has 3 heteroatoms. The molecule has 0 atom stereocenters. The average Bonchev–Trinajstić information content (AvgIpc) is 3.64. The summed E-state index contributed by atoms with van der Waals surface area (Å²) in [4.78, 5) is 10.6. The third-order valence-electron chi connectivity index (χ3n) is 12.2. The van der Waals surface area contributed by atoms with Gasteiger partial charge in [-0.3, -0.25) is 0 Å². The zero-order chi connectivity index (χ0) is 37.2. The Kier molecular flexibility index (Phi) is 6.16. The summed E-state index contributed by atoms with van der Waals surface area (Å²) in [6.07, 6.45) is 0. The van der Waals surface area contributed by atoms with E-state index >= 15 is 0 Å². The Bertz CT molecular complexity index is 3860. The second-order valence-corrected chi connectivity index (χ2v) is 15.2. The van der Waals surface area contributed by atoms with Gasteiger partial charge in [0.1, 0.15) is 11.2 Å². The van der Waals surface area contributed by atoms with E-state index in [-0.39, 0.29) is 0 Å². The fraction of sp³-hybridized carbons (Fsp3) is 0. The molecule has 0 amide bonds. The highest BCUT2D eigenvalue weighted by atomic mass is 16.3. The van der Waals surface area contributed by atoms with Gasteiger partial charge >= 0.3 is 0 Å². The van der Waals surface area contributed by atoms with E-state index in [1.54, 1.807) is 0 Å². The first-order chi connectivity index (χ1) is 28.2. The van der Waals surface area contributed by atoms with Gasteiger partial charge in [0.15, 0.2) is 5.82 Å². The molecule has 13 aromatic rings. The van der Waals surface area contributed by atoms with Gasteiger partial charge in [0.25, 0.3) is 0 Å². The summed E-state index contributed by atoms with van der Waals surface area (Å²) in [6.45, 7) is 0. The van der Waals surface area contributed by atoms with Gasteiger partial charge in [0, 0.05) is 27.3 Å². The predicted molar refractivity (Wildman–Crippen MR) is 240 cm³/mol. The molecular formula is C54H30N2O. The maximum atomic E-state index is 6.79. The summed E-state index contributed by atoms with van der Waals surface area (Å²) in [7, 11) is 0. The van der Waals surface area contributed by atoms with Crippen molar-refractivity contribution in [3.63, 3.8) is 0 Å². The molecule has 262 valence electrons. The molecular weight excluding hydrogens is 693 g/mol. The summed E-state index contributed by atoms with van der Waals surface area (Å²) in [5.74, 6) is 0.711. The van der Waals surface area contributed by atoms with E-state index < -0.39 is 0 Å². The van der Waals surface area contributed by atoms with Crippen molar-refractivity contribution < 1.29 is 4.42 Å². The molecule has 0 radical (unpaired) electrons. The predicted octanol–water partition coefficient (Wildman–Crippen LogP) is 14.9. The van der Waals surface area contributed by atoms with Crippen LogP contribution in [0.3, 0.4) is 0 Å². The van der Waals surface area contributed by atoms with Gasteiger partial charge in [0.05, 0.1) is 11.2 Å². The van der Waals surface area contributed by atoms with Crippen LogP contribution in [-0.4, -0.2) is 9.97 Å². The molecule has 2 heterocycles. The van der Waals surface area contributed by atoms with Crippen LogP contribution in [0.25, 0.3) is 131 Å². The first-order valence-corrected chi connectivity index (χ1v) is 19.5. The Morgan fingerprint density at radius 2 is 0.772 bits per heavy atom. The second-order valence-electron chi connectivity index (χ2n) is 15.2. The largest absolute Gasteiger partial charge is 0.456 e. The van der Waals surface area contributed by atoms with Crippen molar-refractivity contribution in [1.82, 2.24) is 9.97 Å². The minimum Gasteiger partial charge on any atom is -0.456 e. The zero-order valence-electron chi connectivity index (χ0n) is 30.6. The molecule has 3 nitrogen and oxygen atoms in total. The average molecular weight is 723 g/mol. The van der Waals surface area contributed by atoms with Crippen LogP contribution in [0.4, 0.5) is 0 Å². The number of benzene rings is 11. The third-order valence-corrected chi connectivity index (χ3v) is 12.2. The van der Waals surface area contributed by atoms with Crippen molar-refractivity contribution in [2.45, 2.75) is 0 Å². The molecule has 0 aliphatic rings. The van der Waals surface area contributed by atoms with Crippen molar-refractivity contribution in [1.29, 1.82) is 0 Å². The molecule has 0 saturated heterocycles. The van der Waals surface area contributed by atoms with Crippen molar-refractivity contribution in [2.75, 3.05) is 0 Å². The fourth-order valence-corrected chi connectivity index (χ4v) is 9.60. The Morgan fingerprint density at radius 3 is 1.37 bits per heavy atom. The lowest BCUT2D eigenvalue weighted by Crippen LogP contribution is -1.96. The number of aromatic nitrogens is 2. The summed E-state index contributed by atoms with van der Waals surface area (Å²) >= 11 is 0. The molecule has 0 aliphatic carbocycles. The number of fused-ring (bicyclic) bond motifs is 18. The number of rotatable bonds is 2. The van der Waals surface area contributed by atoms with Gasteiger partial charge in [-0.05, 0) is 112 Å². The van der Waals surface area contributed by atoms with Gasteiger partial charge in [-0.2, -0.15) is 0 Å². The minimum atomic E-state index is 0.711. The Balaban J connectivity index is 1.07. The van der Waals surface area contributed by atoms with Crippen molar-refractivity contribution in [3.8, 4) is 22.6 Å². The quantitative estimate of drug-likeness (QED) is 0.167. The van der Waals surface area contributed by atoms with Crippen molar-refractivity contribution in [2.24, 2.45) is 0 Å². The molecule has 57 heavy (non-hydrogen) atoms. The SMILES string of the molecule is c1ccc(-c2nc(-c3ccc4c(c3)c3ccccc3c3cc5c(cc43)oc3cc4c6ccccc6c6ccccc6c4cc35)nc3ccc4ccccc4c23)cc1. The number of hydrogen-bond acceptors (Lipinski definition) is 3. The van der Waals surface area contributed by atoms with E-state index in [0.717, 1.165) is 60.4 Å². The van der Waals surface area contributed by atoms with Gasteiger partial charge in [0.2, 0.25) is 0 Å². The number of nitrogens with zero attached hydrogens (tertiary/aromatic N) is 2. The molecule has 0 aliphatic heterocycles. The molecule has 2 aromatic heterocycles. The van der Waals surface area contributed by atoms with E-state index in [4.69, 9.17) is 14.4 Å². The first-order valence-electron chi connectivity index (χ1n) is 19.5. The van der Waals surface area contributed by atoms with Crippen LogP contribution < -0.4 is 0 Å². The second kappa shape index (κ2) is 11.5. The minimum absolute atomic E-state index is 0.711. The lowest BCUT2D eigenvalue weighted by atomic mass is 9.91. The fourth-order valence-electron chi connectivity index (χ4n) is 9.60. The Hall–Kier alpha value is -7.62. The molecule has 0 bridgehead atoms. The van der Waals surface area contributed by atoms with Crippen LogP contribution in [-0.2, 0) is 0 Å². The molecule has 0 saturated carbocycles. The summed E-state index contributed by atoms with van der Waals surface area (Å²) in [6, 6.07) is 65.4. The first kappa shape index (κ1) is 30.7. The number of furan rings is 1. The van der Waals surface area contributed by atoms with Crippen LogP contribution in [0.15, 0.2) is 186 Å². The van der Waals surface area contributed by atoms with Gasteiger partial charge in [-0.1, -0.05) is 146 Å². The molecule has 0 N–H and O–H groups in total. The Labute approximate surface area is 326 Å². The maximum absolute atomic E-state index is 6.79. The van der Waals surface area contributed by atoms with E-state index in [2.05, 4.69) is 182 Å². The summed E-state index contributed by atoms with van der Waals surface area (Å²) in [5, 5.41) is 20.3. The van der Waals surface area contributed by atoms with Crippen LogP contribution >= 0.6 is 0 Å². The van der Waals surface area contributed by atoms with E-state index in [9.17, 15) is 0 Å². The van der Waals surface area contributed by atoms with Crippen LogP contribution in [0.5, 0.6) is 0 Å². The molecule has 11 aromatic carbocycles. The summed E-state index contributed by atoms with van der Waals surface area (Å²) < 4.78 is 6.79. The van der Waals surface area contributed by atoms with Gasteiger partial charge < -0.3 is 4.42 Å². The van der Waals surface area contributed by atoms with Gasteiger partial charge in [-0.15, -0.1) is 0 Å². The van der Waals surface area contributed by atoms with Gasteiger partial charge in [-0.25, -0.2) is 9.97 Å². The standard InChI is InChI=1S/C54H30N2O/c1-2-13-32(14-3-1)53-52-34-15-5-4-12-31(34)23-25-49(52)55-54(56-53)33-22-24-41-42(26-33)39-20-10-11-21-40(39)44-28-48-47-27-43-37-18-8-6-16-35(37)36-17-7-9-19-38(36)45(43)29-50(47)57-51(48)30-46(41)44/h1-30H. The molecule has 0 fully saturated rings. The topological polar surface area (TPSA) is 38.9 Å².